The Morgan fingerprint density at radius 3 is 2.79 bits per heavy atom. The second kappa shape index (κ2) is 7.33. The summed E-state index contributed by atoms with van der Waals surface area (Å²) in [5.74, 6) is 0.415. The zero-order valence-corrected chi connectivity index (χ0v) is 18.5. The van der Waals surface area contributed by atoms with Crippen LogP contribution in [0.25, 0.3) is 33.1 Å². The van der Waals surface area contributed by atoms with Crippen LogP contribution in [0.1, 0.15) is 30.0 Å². The van der Waals surface area contributed by atoms with E-state index in [1.807, 2.05) is 24.3 Å². The third kappa shape index (κ3) is 2.67. The van der Waals surface area contributed by atoms with Crippen LogP contribution in [0.5, 0.6) is 0 Å². The predicted molar refractivity (Wildman–Crippen MR) is 135 cm³/mol. The number of hydrogen-bond donors (Lipinski definition) is 0. The van der Waals surface area contributed by atoms with Crippen molar-refractivity contribution in [1.29, 1.82) is 5.26 Å². The molecule has 0 saturated carbocycles. The Hall–Kier alpha value is -4.36. The van der Waals surface area contributed by atoms with E-state index < -0.39 is 0 Å². The van der Waals surface area contributed by atoms with Crippen LogP contribution in [0.3, 0.4) is 0 Å². The summed E-state index contributed by atoms with van der Waals surface area (Å²) in [5.41, 5.74) is 7.99. The van der Waals surface area contributed by atoms with E-state index in [2.05, 4.69) is 76.6 Å². The summed E-state index contributed by atoms with van der Waals surface area (Å²) < 4.78 is 6.52. The van der Waals surface area contributed by atoms with E-state index in [-0.39, 0.29) is 6.04 Å². The first kappa shape index (κ1) is 19.1. The average molecular weight is 440 g/mol. The second-order valence-electron chi connectivity index (χ2n) is 9.01. The Morgan fingerprint density at radius 1 is 0.971 bits per heavy atom. The van der Waals surface area contributed by atoms with E-state index in [1.54, 1.807) is 6.20 Å². The number of benzene rings is 3. The maximum atomic E-state index is 9.42. The lowest BCUT2D eigenvalue weighted by Crippen LogP contribution is -2.30. The normalized spacial score (nSPS) is 18.7. The van der Waals surface area contributed by atoms with Crippen molar-refractivity contribution in [2.75, 3.05) is 4.90 Å². The van der Waals surface area contributed by atoms with Crippen LogP contribution < -0.4 is 4.90 Å². The van der Waals surface area contributed by atoms with E-state index in [0.717, 1.165) is 57.3 Å². The van der Waals surface area contributed by atoms with Crippen molar-refractivity contribution >= 4 is 33.3 Å². The van der Waals surface area contributed by atoms with E-state index in [0.29, 0.717) is 11.6 Å². The molecule has 0 amide bonds. The molecular formula is C30H21N3O. The van der Waals surface area contributed by atoms with Crippen molar-refractivity contribution in [3.05, 3.63) is 102 Å². The van der Waals surface area contributed by atoms with Crippen LogP contribution >= 0.6 is 0 Å². The van der Waals surface area contributed by atoms with Crippen LogP contribution in [0.2, 0.25) is 0 Å². The van der Waals surface area contributed by atoms with Crippen molar-refractivity contribution in [2.45, 2.75) is 24.8 Å². The number of hydrogen-bond acceptors (Lipinski definition) is 4. The van der Waals surface area contributed by atoms with Crippen molar-refractivity contribution in [2.24, 2.45) is 0 Å². The van der Waals surface area contributed by atoms with Gasteiger partial charge in [-0.25, -0.2) is 4.98 Å². The van der Waals surface area contributed by atoms with Gasteiger partial charge in [0.05, 0.1) is 11.7 Å². The lowest BCUT2D eigenvalue weighted by molar-refractivity contribution is 0.573. The summed E-state index contributed by atoms with van der Waals surface area (Å²) in [6, 6.07) is 27.5. The first-order valence-electron chi connectivity index (χ1n) is 11.7. The highest BCUT2D eigenvalue weighted by Gasteiger charge is 2.41. The number of pyridine rings is 1. The summed E-state index contributed by atoms with van der Waals surface area (Å²) in [4.78, 5) is 6.64. The molecule has 1 aliphatic carbocycles. The van der Waals surface area contributed by atoms with Crippen LogP contribution in [-0.4, -0.2) is 11.0 Å². The molecule has 2 atom stereocenters. The van der Waals surface area contributed by atoms with Crippen LogP contribution in [0.15, 0.2) is 95.6 Å². The molecule has 3 heterocycles. The van der Waals surface area contributed by atoms with Crippen LogP contribution in [-0.2, 0) is 0 Å². The molecule has 4 nitrogen and oxygen atoms in total. The maximum absolute atomic E-state index is 9.42. The molecule has 0 N–H and O–H groups in total. The number of rotatable bonds is 2. The number of nitrogens with zero attached hydrogens (tertiary/aromatic N) is 3. The van der Waals surface area contributed by atoms with Crippen LogP contribution in [0.4, 0.5) is 11.4 Å². The first-order chi connectivity index (χ1) is 16.8. The molecule has 34 heavy (non-hydrogen) atoms. The molecule has 0 radical (unpaired) electrons. The van der Waals surface area contributed by atoms with Gasteiger partial charge in [-0.15, -0.1) is 0 Å². The zero-order chi connectivity index (χ0) is 22.6. The van der Waals surface area contributed by atoms with Gasteiger partial charge in [0.25, 0.3) is 0 Å². The third-order valence-electron chi connectivity index (χ3n) is 7.23. The summed E-state index contributed by atoms with van der Waals surface area (Å²) in [6.07, 6.45) is 8.57. The molecule has 1 aliphatic heterocycles. The summed E-state index contributed by atoms with van der Waals surface area (Å²) in [5, 5.41) is 11.7. The van der Waals surface area contributed by atoms with Crippen molar-refractivity contribution in [3.63, 3.8) is 0 Å². The Kier molecular flexibility index (Phi) is 4.13. The molecule has 0 saturated heterocycles. The van der Waals surface area contributed by atoms with E-state index >= 15 is 0 Å². The summed E-state index contributed by atoms with van der Waals surface area (Å²) in [7, 11) is 0. The van der Waals surface area contributed by atoms with Gasteiger partial charge in [0.1, 0.15) is 17.3 Å². The fourth-order valence-corrected chi connectivity index (χ4v) is 5.78. The topological polar surface area (TPSA) is 53.1 Å². The molecule has 0 fully saturated rings. The minimum Gasteiger partial charge on any atom is -0.454 e. The van der Waals surface area contributed by atoms with Gasteiger partial charge in [0.2, 0.25) is 0 Å². The zero-order valence-electron chi connectivity index (χ0n) is 18.5. The van der Waals surface area contributed by atoms with E-state index in [9.17, 15) is 5.26 Å². The summed E-state index contributed by atoms with van der Waals surface area (Å²) in [6.45, 7) is 0. The molecular weight excluding hydrogens is 418 g/mol. The Balaban J connectivity index is 1.53. The lowest BCUT2D eigenvalue weighted by Gasteiger charge is -2.31. The van der Waals surface area contributed by atoms with E-state index in [1.165, 1.54) is 5.56 Å². The van der Waals surface area contributed by atoms with Crippen molar-refractivity contribution in [1.82, 2.24) is 4.98 Å². The highest BCUT2D eigenvalue weighted by Crippen LogP contribution is 2.54. The highest BCUT2D eigenvalue weighted by molar-refractivity contribution is 6.11. The molecule has 0 spiro atoms. The van der Waals surface area contributed by atoms with E-state index in [4.69, 9.17) is 4.42 Å². The SMILES string of the molecule is N#Cc1cc(-c2ccccc2N2c3c(ccc4c3oc3ccccc34)C3CCC=CC32)ccn1. The van der Waals surface area contributed by atoms with Gasteiger partial charge in [0, 0.05) is 34.1 Å². The van der Waals surface area contributed by atoms with Gasteiger partial charge >= 0.3 is 0 Å². The maximum Gasteiger partial charge on any atom is 0.159 e. The fourth-order valence-electron chi connectivity index (χ4n) is 5.78. The van der Waals surface area contributed by atoms with Crippen LogP contribution in [0, 0.1) is 11.3 Å². The smallest absolute Gasteiger partial charge is 0.159 e. The van der Waals surface area contributed by atoms with Gasteiger partial charge in [-0.1, -0.05) is 60.7 Å². The van der Waals surface area contributed by atoms with Gasteiger partial charge in [-0.2, -0.15) is 5.26 Å². The second-order valence-corrected chi connectivity index (χ2v) is 9.01. The quantitative estimate of drug-likeness (QED) is 0.268. The van der Waals surface area contributed by atoms with Crippen molar-refractivity contribution < 1.29 is 4.42 Å². The molecule has 4 heteroatoms. The predicted octanol–water partition coefficient (Wildman–Crippen LogP) is 7.47. The third-order valence-corrected chi connectivity index (χ3v) is 7.23. The monoisotopic (exact) mass is 439 g/mol. The number of aromatic nitrogens is 1. The van der Waals surface area contributed by atoms with Gasteiger partial charge in [0.15, 0.2) is 5.58 Å². The number of nitriles is 1. The Bertz CT molecular complexity index is 1660. The number of para-hydroxylation sites is 2. The standard InChI is InChI=1S/C30H21N3O/c31-18-20-17-19(15-16-32-20)21-7-1-4-10-26(21)33-27-11-5-2-8-22(27)24-13-14-25-23-9-3-6-12-28(23)34-30(25)29(24)33/h1,3-7,9-17,22,27H,2,8H2. The number of allylic oxidation sites excluding steroid dienone is 1. The fraction of sp³-hybridized carbons (Fsp3) is 0.133. The summed E-state index contributed by atoms with van der Waals surface area (Å²) >= 11 is 0. The molecule has 162 valence electrons. The minimum atomic E-state index is 0.223. The first-order valence-corrected chi connectivity index (χ1v) is 11.7. The van der Waals surface area contributed by atoms with Gasteiger partial charge in [-0.05, 0) is 48.2 Å². The number of furan rings is 1. The van der Waals surface area contributed by atoms with Gasteiger partial charge in [-0.3, -0.25) is 0 Å². The average Bonchev–Trinajstić information content (AvgIpc) is 3.44. The lowest BCUT2D eigenvalue weighted by atomic mass is 9.86. The van der Waals surface area contributed by atoms with Gasteiger partial charge < -0.3 is 9.32 Å². The molecule has 7 rings (SSSR count). The van der Waals surface area contributed by atoms with Crippen molar-refractivity contribution in [3.8, 4) is 17.2 Å². The number of fused-ring (bicyclic) bond motifs is 7. The molecule has 2 aromatic heterocycles. The molecule has 2 aliphatic rings. The minimum absolute atomic E-state index is 0.223. The molecule has 0 bridgehead atoms. The Labute approximate surface area is 197 Å². The molecule has 3 aromatic carbocycles. The Morgan fingerprint density at radius 2 is 1.85 bits per heavy atom. The largest absolute Gasteiger partial charge is 0.454 e. The number of anilines is 2. The highest BCUT2D eigenvalue weighted by atomic mass is 16.3. The molecule has 5 aromatic rings. The molecule has 2 unspecified atom stereocenters.